The molecule has 0 radical (unpaired) electrons. The Bertz CT molecular complexity index is 345. The Balaban J connectivity index is 1.96. The van der Waals surface area contributed by atoms with Crippen LogP contribution in [0.4, 0.5) is 0 Å². The zero-order valence-corrected chi connectivity index (χ0v) is 13.2. The normalized spacial score (nSPS) is 19.9. The first kappa shape index (κ1) is 13.1. The van der Waals surface area contributed by atoms with Crippen LogP contribution in [-0.4, -0.2) is 0 Å². The number of rotatable bonds is 3. The van der Waals surface area contributed by atoms with Crippen molar-refractivity contribution in [2.24, 2.45) is 11.7 Å². The summed E-state index contributed by atoms with van der Waals surface area (Å²) in [5, 5.41) is 0. The van der Waals surface area contributed by atoms with Crippen molar-refractivity contribution in [3.63, 3.8) is 0 Å². The smallest absolute Gasteiger partial charge is 0.0758 e. The van der Waals surface area contributed by atoms with E-state index in [1.54, 1.807) is 11.3 Å². The van der Waals surface area contributed by atoms with Gasteiger partial charge in [0.1, 0.15) is 0 Å². The van der Waals surface area contributed by atoms with Gasteiger partial charge in [0, 0.05) is 6.04 Å². The van der Waals surface area contributed by atoms with E-state index in [0.717, 1.165) is 16.1 Å². The highest BCUT2D eigenvalue weighted by Crippen LogP contribution is 2.38. The standard InChI is InChI=1S/C12H17Br2NS/c13-11-7-9(12(14)16-11)10(15)6-8-4-2-1-3-5-8/h7-8,10H,1-6,15H2. The Labute approximate surface area is 118 Å². The zero-order chi connectivity index (χ0) is 11.5. The lowest BCUT2D eigenvalue weighted by atomic mass is 9.84. The molecule has 4 heteroatoms. The summed E-state index contributed by atoms with van der Waals surface area (Å²) in [7, 11) is 0. The first-order valence-electron chi connectivity index (χ1n) is 5.87. The molecule has 2 rings (SSSR count). The van der Waals surface area contributed by atoms with Crippen LogP contribution in [0.3, 0.4) is 0 Å². The van der Waals surface area contributed by atoms with Gasteiger partial charge in [-0.2, -0.15) is 0 Å². The molecule has 1 heterocycles. The minimum atomic E-state index is 0.194. The minimum Gasteiger partial charge on any atom is -0.324 e. The van der Waals surface area contributed by atoms with E-state index in [4.69, 9.17) is 5.73 Å². The lowest BCUT2D eigenvalue weighted by molar-refractivity contribution is 0.319. The third kappa shape index (κ3) is 3.31. The largest absolute Gasteiger partial charge is 0.324 e. The van der Waals surface area contributed by atoms with Gasteiger partial charge in [0.2, 0.25) is 0 Å². The Kier molecular flexibility index (Phi) is 4.89. The molecular formula is C12H17Br2NS. The molecule has 2 N–H and O–H groups in total. The third-order valence-electron chi connectivity index (χ3n) is 3.39. The molecule has 0 spiro atoms. The van der Waals surface area contributed by atoms with E-state index >= 15 is 0 Å². The fourth-order valence-electron chi connectivity index (χ4n) is 2.51. The van der Waals surface area contributed by atoms with Crippen LogP contribution in [0.25, 0.3) is 0 Å². The average Bonchev–Trinajstić information content (AvgIpc) is 2.59. The van der Waals surface area contributed by atoms with Crippen LogP contribution in [0.15, 0.2) is 13.6 Å². The first-order chi connectivity index (χ1) is 7.66. The SMILES string of the molecule is NC(CC1CCCCC1)c1cc(Br)sc1Br. The number of thiophene rings is 1. The minimum absolute atomic E-state index is 0.194. The van der Waals surface area contributed by atoms with E-state index < -0.39 is 0 Å². The molecule has 1 aromatic heterocycles. The quantitative estimate of drug-likeness (QED) is 0.777. The van der Waals surface area contributed by atoms with Crippen LogP contribution in [0.1, 0.15) is 50.1 Å². The van der Waals surface area contributed by atoms with Gasteiger partial charge in [0.25, 0.3) is 0 Å². The lowest BCUT2D eigenvalue weighted by Crippen LogP contribution is -2.17. The molecule has 1 saturated carbocycles. The molecule has 1 fully saturated rings. The van der Waals surface area contributed by atoms with Crippen LogP contribution in [-0.2, 0) is 0 Å². The third-order valence-corrected chi connectivity index (χ3v) is 5.78. The average molecular weight is 367 g/mol. The van der Waals surface area contributed by atoms with Crippen molar-refractivity contribution in [3.8, 4) is 0 Å². The van der Waals surface area contributed by atoms with Crippen molar-refractivity contribution in [2.75, 3.05) is 0 Å². The topological polar surface area (TPSA) is 26.0 Å². The summed E-state index contributed by atoms with van der Waals surface area (Å²) in [5.74, 6) is 0.842. The van der Waals surface area contributed by atoms with Crippen molar-refractivity contribution < 1.29 is 0 Å². The van der Waals surface area contributed by atoms with Crippen LogP contribution in [0.5, 0.6) is 0 Å². The molecule has 0 aromatic carbocycles. The molecule has 0 amide bonds. The summed E-state index contributed by atoms with van der Waals surface area (Å²) in [6.07, 6.45) is 8.09. The molecule has 1 nitrogen and oxygen atoms in total. The molecule has 1 aromatic rings. The Morgan fingerprint density at radius 1 is 1.31 bits per heavy atom. The summed E-state index contributed by atoms with van der Waals surface area (Å²) >= 11 is 8.81. The summed E-state index contributed by atoms with van der Waals surface area (Å²) < 4.78 is 2.34. The summed E-state index contributed by atoms with van der Waals surface area (Å²) in [6.45, 7) is 0. The van der Waals surface area contributed by atoms with Crippen LogP contribution in [0, 0.1) is 5.92 Å². The molecule has 90 valence electrons. The van der Waals surface area contributed by atoms with E-state index in [1.165, 1.54) is 41.5 Å². The monoisotopic (exact) mass is 365 g/mol. The van der Waals surface area contributed by atoms with Crippen molar-refractivity contribution in [3.05, 3.63) is 19.2 Å². The maximum atomic E-state index is 6.30. The molecule has 1 unspecified atom stereocenters. The number of hydrogen-bond donors (Lipinski definition) is 1. The maximum absolute atomic E-state index is 6.30. The summed E-state index contributed by atoms with van der Waals surface area (Å²) in [6, 6.07) is 2.35. The van der Waals surface area contributed by atoms with E-state index in [0.29, 0.717) is 0 Å². The van der Waals surface area contributed by atoms with Gasteiger partial charge in [-0.05, 0) is 55.8 Å². The molecule has 1 aliphatic rings. The molecule has 0 aliphatic heterocycles. The fraction of sp³-hybridized carbons (Fsp3) is 0.667. The van der Waals surface area contributed by atoms with Gasteiger partial charge in [0.15, 0.2) is 0 Å². The predicted octanol–water partition coefficient (Wildman–Crippen LogP) is 5.24. The summed E-state index contributed by atoms with van der Waals surface area (Å²) in [4.78, 5) is 0. The zero-order valence-electron chi connectivity index (χ0n) is 9.22. The number of hydrogen-bond acceptors (Lipinski definition) is 2. The van der Waals surface area contributed by atoms with Crippen molar-refractivity contribution in [2.45, 2.75) is 44.6 Å². The molecule has 0 saturated heterocycles. The highest BCUT2D eigenvalue weighted by Gasteiger charge is 2.20. The second kappa shape index (κ2) is 5.98. The van der Waals surface area contributed by atoms with Gasteiger partial charge in [-0.3, -0.25) is 0 Å². The fourth-order valence-corrected chi connectivity index (χ4v) is 5.52. The molecule has 16 heavy (non-hydrogen) atoms. The summed E-state index contributed by atoms with van der Waals surface area (Å²) in [5.41, 5.74) is 7.56. The lowest BCUT2D eigenvalue weighted by Gasteiger charge is -2.24. The van der Waals surface area contributed by atoms with E-state index in [-0.39, 0.29) is 6.04 Å². The Morgan fingerprint density at radius 2 is 2.00 bits per heavy atom. The second-order valence-electron chi connectivity index (χ2n) is 4.63. The van der Waals surface area contributed by atoms with Crippen LogP contribution >= 0.6 is 43.2 Å². The maximum Gasteiger partial charge on any atom is 0.0758 e. The Hall–Kier alpha value is 0.620. The van der Waals surface area contributed by atoms with Gasteiger partial charge in [0.05, 0.1) is 7.57 Å². The first-order valence-corrected chi connectivity index (χ1v) is 8.27. The van der Waals surface area contributed by atoms with Gasteiger partial charge in [-0.15, -0.1) is 11.3 Å². The number of nitrogens with two attached hydrogens (primary N) is 1. The van der Waals surface area contributed by atoms with Crippen molar-refractivity contribution in [1.29, 1.82) is 0 Å². The van der Waals surface area contributed by atoms with Gasteiger partial charge in [-0.1, -0.05) is 32.1 Å². The van der Waals surface area contributed by atoms with Crippen molar-refractivity contribution in [1.82, 2.24) is 0 Å². The second-order valence-corrected chi connectivity index (χ2v) is 8.38. The highest BCUT2D eigenvalue weighted by atomic mass is 79.9. The molecule has 1 aliphatic carbocycles. The molecule has 1 atom stereocenters. The van der Waals surface area contributed by atoms with Gasteiger partial charge >= 0.3 is 0 Å². The molecular weight excluding hydrogens is 350 g/mol. The molecule has 0 bridgehead atoms. The van der Waals surface area contributed by atoms with Gasteiger partial charge in [-0.25, -0.2) is 0 Å². The van der Waals surface area contributed by atoms with Crippen LogP contribution < -0.4 is 5.73 Å². The Morgan fingerprint density at radius 3 is 2.56 bits per heavy atom. The van der Waals surface area contributed by atoms with E-state index in [1.807, 2.05) is 0 Å². The van der Waals surface area contributed by atoms with E-state index in [2.05, 4.69) is 37.9 Å². The number of halogens is 2. The van der Waals surface area contributed by atoms with Crippen LogP contribution in [0.2, 0.25) is 0 Å². The predicted molar refractivity (Wildman–Crippen MR) is 77.8 cm³/mol. The van der Waals surface area contributed by atoms with Crippen molar-refractivity contribution >= 4 is 43.2 Å². The highest BCUT2D eigenvalue weighted by molar-refractivity contribution is 9.12. The van der Waals surface area contributed by atoms with Gasteiger partial charge < -0.3 is 5.73 Å². The van der Waals surface area contributed by atoms with E-state index in [9.17, 15) is 0 Å².